The average Bonchev–Trinajstić information content (AvgIpc) is 2.92. The Morgan fingerprint density at radius 3 is 3.06 bits per heavy atom. The molecule has 0 spiro atoms. The van der Waals surface area contributed by atoms with Crippen LogP contribution in [0, 0.1) is 6.92 Å². The van der Waals surface area contributed by atoms with Crippen LogP contribution in [0.5, 0.6) is 0 Å². The number of anilines is 1. The summed E-state index contributed by atoms with van der Waals surface area (Å²) in [5, 5.41) is 16.1. The molecule has 0 aromatic carbocycles. The molecule has 2 rings (SSSR count). The number of hydrogen-bond donors (Lipinski definition) is 3. The smallest absolute Gasteiger partial charge is 0.319 e. The molecule has 0 aliphatic heterocycles. The van der Waals surface area contributed by atoms with Gasteiger partial charge in [-0.3, -0.25) is 5.10 Å². The van der Waals surface area contributed by atoms with Crippen LogP contribution in [-0.4, -0.2) is 22.8 Å². The van der Waals surface area contributed by atoms with E-state index in [1.54, 1.807) is 17.5 Å². The number of amides is 2. The van der Waals surface area contributed by atoms with Crippen LogP contribution < -0.4 is 10.6 Å². The van der Waals surface area contributed by atoms with E-state index in [2.05, 4.69) is 20.8 Å². The van der Waals surface area contributed by atoms with Crippen LogP contribution >= 0.6 is 11.3 Å². The van der Waals surface area contributed by atoms with Crippen LogP contribution in [0.2, 0.25) is 0 Å². The summed E-state index contributed by atoms with van der Waals surface area (Å²) >= 11 is 1.58. The maximum absolute atomic E-state index is 11.6. The van der Waals surface area contributed by atoms with Gasteiger partial charge in [0.2, 0.25) is 0 Å². The van der Waals surface area contributed by atoms with Crippen LogP contribution in [-0.2, 0) is 6.42 Å². The predicted octanol–water partition coefficient (Wildman–Crippen LogP) is 2.14. The fraction of sp³-hybridized carbons (Fsp3) is 0.273. The molecule has 6 heteroatoms. The van der Waals surface area contributed by atoms with Gasteiger partial charge in [0.1, 0.15) is 0 Å². The summed E-state index contributed by atoms with van der Waals surface area (Å²) in [6, 6.07) is -0.171. The minimum atomic E-state index is -0.171. The summed E-state index contributed by atoms with van der Waals surface area (Å²) in [5.74, 6) is 0. The van der Waals surface area contributed by atoms with Gasteiger partial charge in [-0.05, 0) is 29.9 Å². The van der Waals surface area contributed by atoms with Gasteiger partial charge in [-0.15, -0.1) is 11.3 Å². The summed E-state index contributed by atoms with van der Waals surface area (Å²) in [5.41, 5.74) is 3.04. The van der Waals surface area contributed by atoms with Crippen molar-refractivity contribution in [3.05, 3.63) is 34.3 Å². The van der Waals surface area contributed by atoms with E-state index >= 15 is 0 Å². The Morgan fingerprint density at radius 2 is 2.41 bits per heavy atom. The van der Waals surface area contributed by atoms with E-state index in [4.69, 9.17) is 0 Å². The zero-order chi connectivity index (χ0) is 12.1. The molecule has 0 bridgehead atoms. The molecule has 2 heterocycles. The molecule has 5 nitrogen and oxygen atoms in total. The highest BCUT2D eigenvalue weighted by atomic mass is 32.1. The van der Waals surface area contributed by atoms with Crippen molar-refractivity contribution in [2.24, 2.45) is 0 Å². The second-order valence-corrected chi connectivity index (χ2v) is 4.45. The fourth-order valence-corrected chi connectivity index (χ4v) is 2.17. The third-order valence-corrected chi connectivity index (χ3v) is 3.22. The molecule has 3 N–H and O–H groups in total. The fourth-order valence-electron chi connectivity index (χ4n) is 1.39. The summed E-state index contributed by atoms with van der Waals surface area (Å²) in [6.45, 7) is 2.56. The Bertz CT molecular complexity index is 477. The SMILES string of the molecule is Cc1cscc1NC(=O)NCCc1cn[nH]c1. The topological polar surface area (TPSA) is 69.8 Å². The molecular formula is C11H14N4OS. The van der Waals surface area contributed by atoms with Crippen molar-refractivity contribution in [3.8, 4) is 0 Å². The minimum Gasteiger partial charge on any atom is -0.338 e. The lowest BCUT2D eigenvalue weighted by molar-refractivity contribution is 0.252. The van der Waals surface area contributed by atoms with Gasteiger partial charge in [-0.1, -0.05) is 0 Å². The van der Waals surface area contributed by atoms with Crippen molar-refractivity contribution in [2.45, 2.75) is 13.3 Å². The number of rotatable bonds is 4. The number of carbonyl (C=O) groups is 1. The zero-order valence-corrected chi connectivity index (χ0v) is 10.3. The molecule has 0 atom stereocenters. The standard InChI is InChI=1S/C11H14N4OS/c1-8-6-17-7-10(8)15-11(16)12-3-2-9-4-13-14-5-9/h4-7H,2-3H2,1H3,(H,13,14)(H2,12,15,16). The van der Waals surface area contributed by atoms with E-state index in [0.717, 1.165) is 23.2 Å². The summed E-state index contributed by atoms with van der Waals surface area (Å²) in [7, 11) is 0. The molecule has 17 heavy (non-hydrogen) atoms. The average molecular weight is 250 g/mol. The van der Waals surface area contributed by atoms with Crippen molar-refractivity contribution in [2.75, 3.05) is 11.9 Å². The first kappa shape index (κ1) is 11.7. The minimum absolute atomic E-state index is 0.171. The lowest BCUT2D eigenvalue weighted by atomic mass is 10.2. The molecule has 0 saturated carbocycles. The number of urea groups is 1. The highest BCUT2D eigenvalue weighted by molar-refractivity contribution is 7.08. The van der Waals surface area contributed by atoms with Crippen molar-refractivity contribution in [1.29, 1.82) is 0 Å². The van der Waals surface area contributed by atoms with Crippen molar-refractivity contribution >= 4 is 23.1 Å². The first-order chi connectivity index (χ1) is 8.25. The summed E-state index contributed by atoms with van der Waals surface area (Å²) < 4.78 is 0. The molecular weight excluding hydrogens is 236 g/mol. The van der Waals surface area contributed by atoms with E-state index in [-0.39, 0.29) is 6.03 Å². The van der Waals surface area contributed by atoms with Gasteiger partial charge >= 0.3 is 6.03 Å². The molecule has 0 fully saturated rings. The highest BCUT2D eigenvalue weighted by Crippen LogP contribution is 2.18. The Kier molecular flexibility index (Phi) is 3.77. The molecule has 2 aromatic heterocycles. The van der Waals surface area contributed by atoms with Crippen LogP contribution in [0.15, 0.2) is 23.2 Å². The van der Waals surface area contributed by atoms with Crippen LogP contribution in [0.4, 0.5) is 10.5 Å². The molecule has 2 aromatic rings. The van der Waals surface area contributed by atoms with E-state index in [0.29, 0.717) is 6.54 Å². The van der Waals surface area contributed by atoms with Gasteiger partial charge in [0, 0.05) is 18.1 Å². The van der Waals surface area contributed by atoms with Crippen LogP contribution in [0.3, 0.4) is 0 Å². The second kappa shape index (κ2) is 5.49. The second-order valence-electron chi connectivity index (χ2n) is 3.71. The van der Waals surface area contributed by atoms with E-state index < -0.39 is 0 Å². The molecule has 90 valence electrons. The number of H-pyrrole nitrogens is 1. The highest BCUT2D eigenvalue weighted by Gasteiger charge is 2.04. The van der Waals surface area contributed by atoms with Crippen LogP contribution in [0.1, 0.15) is 11.1 Å². The van der Waals surface area contributed by atoms with Crippen molar-refractivity contribution < 1.29 is 4.79 Å². The quantitative estimate of drug-likeness (QED) is 0.778. The summed E-state index contributed by atoms with van der Waals surface area (Å²) in [4.78, 5) is 11.6. The first-order valence-electron chi connectivity index (χ1n) is 5.31. The molecule has 0 aliphatic rings. The largest absolute Gasteiger partial charge is 0.338 e. The molecule has 0 radical (unpaired) electrons. The predicted molar refractivity (Wildman–Crippen MR) is 68.4 cm³/mol. The maximum atomic E-state index is 11.6. The Morgan fingerprint density at radius 1 is 1.53 bits per heavy atom. The normalized spacial score (nSPS) is 10.2. The maximum Gasteiger partial charge on any atom is 0.319 e. The molecule has 0 aliphatic carbocycles. The van der Waals surface area contributed by atoms with Gasteiger partial charge in [-0.2, -0.15) is 5.10 Å². The summed E-state index contributed by atoms with van der Waals surface area (Å²) in [6.07, 6.45) is 4.34. The van der Waals surface area contributed by atoms with Crippen LogP contribution in [0.25, 0.3) is 0 Å². The number of aromatic nitrogens is 2. The van der Waals surface area contributed by atoms with Gasteiger partial charge in [0.15, 0.2) is 0 Å². The molecule has 0 unspecified atom stereocenters. The number of aryl methyl sites for hydroxylation is 1. The molecule has 0 saturated heterocycles. The van der Waals surface area contributed by atoms with E-state index in [9.17, 15) is 4.79 Å². The lowest BCUT2D eigenvalue weighted by Crippen LogP contribution is -2.30. The number of hydrogen-bond acceptors (Lipinski definition) is 3. The van der Waals surface area contributed by atoms with Gasteiger partial charge in [0.25, 0.3) is 0 Å². The Balaban J connectivity index is 1.73. The van der Waals surface area contributed by atoms with Gasteiger partial charge in [0.05, 0.1) is 11.9 Å². The lowest BCUT2D eigenvalue weighted by Gasteiger charge is -2.06. The number of nitrogens with zero attached hydrogens (tertiary/aromatic N) is 1. The Hall–Kier alpha value is -1.82. The third-order valence-electron chi connectivity index (χ3n) is 2.36. The van der Waals surface area contributed by atoms with E-state index in [1.165, 1.54) is 0 Å². The number of thiophene rings is 1. The Labute approximate surface area is 103 Å². The monoisotopic (exact) mass is 250 g/mol. The number of nitrogens with one attached hydrogen (secondary N) is 3. The van der Waals surface area contributed by atoms with Gasteiger partial charge in [-0.25, -0.2) is 4.79 Å². The number of carbonyl (C=O) groups excluding carboxylic acids is 1. The van der Waals surface area contributed by atoms with Gasteiger partial charge < -0.3 is 10.6 Å². The van der Waals surface area contributed by atoms with Crippen molar-refractivity contribution in [1.82, 2.24) is 15.5 Å². The zero-order valence-electron chi connectivity index (χ0n) is 9.49. The van der Waals surface area contributed by atoms with Crippen molar-refractivity contribution in [3.63, 3.8) is 0 Å². The number of aromatic amines is 1. The molecule has 2 amide bonds. The third kappa shape index (κ3) is 3.32. The van der Waals surface area contributed by atoms with E-state index in [1.807, 2.05) is 23.9 Å². The first-order valence-corrected chi connectivity index (χ1v) is 6.25.